The van der Waals surface area contributed by atoms with Gasteiger partial charge in [-0.1, -0.05) is 12.2 Å². The summed E-state index contributed by atoms with van der Waals surface area (Å²) < 4.78 is 16.9. The fourth-order valence-electron chi connectivity index (χ4n) is 1.54. The van der Waals surface area contributed by atoms with E-state index in [-0.39, 0.29) is 0 Å². The minimum Gasteiger partial charge on any atom is -0.395 e. The van der Waals surface area contributed by atoms with E-state index in [2.05, 4.69) is 13.1 Å². The second kappa shape index (κ2) is 8.93. The Morgan fingerprint density at radius 1 is 1.19 bits per heavy atom. The first-order chi connectivity index (χ1) is 7.54. The Labute approximate surface area is 101 Å². The van der Waals surface area contributed by atoms with E-state index in [4.69, 9.17) is 13.6 Å². The monoisotopic (exact) mass is 246 g/mol. The van der Waals surface area contributed by atoms with Crippen LogP contribution in [0.5, 0.6) is 0 Å². The molecule has 0 saturated carbocycles. The lowest BCUT2D eigenvalue weighted by molar-refractivity contribution is 0.147. The fourth-order valence-corrected chi connectivity index (χ4v) is 3.92. The van der Waals surface area contributed by atoms with Crippen molar-refractivity contribution in [1.29, 1.82) is 0 Å². The fraction of sp³-hybridized carbons (Fsp3) is 0.833. The molecule has 4 heteroatoms. The lowest BCUT2D eigenvalue weighted by atomic mass is 10.4. The molecule has 16 heavy (non-hydrogen) atoms. The van der Waals surface area contributed by atoms with Gasteiger partial charge < -0.3 is 13.6 Å². The maximum atomic E-state index is 5.74. The molecule has 0 aromatic carbocycles. The second-order valence-electron chi connectivity index (χ2n) is 4.11. The van der Waals surface area contributed by atoms with Crippen molar-refractivity contribution in [2.24, 2.45) is 0 Å². The Kier molecular flexibility index (Phi) is 8.84. The lowest BCUT2D eigenvalue weighted by Gasteiger charge is -2.25. The van der Waals surface area contributed by atoms with Crippen LogP contribution in [0.1, 0.15) is 27.2 Å². The Hall–Kier alpha value is -0.163. The Morgan fingerprint density at radius 3 is 2.19 bits per heavy atom. The first-order valence-corrected chi connectivity index (χ1v) is 8.56. The van der Waals surface area contributed by atoms with Crippen LogP contribution >= 0.6 is 0 Å². The molecule has 0 radical (unpaired) electrons. The molecule has 96 valence electrons. The van der Waals surface area contributed by atoms with E-state index in [0.717, 1.165) is 37.9 Å². The zero-order valence-electron chi connectivity index (χ0n) is 11.2. The topological polar surface area (TPSA) is 27.7 Å². The Balaban J connectivity index is 3.71. The zero-order chi connectivity index (χ0) is 12.4. The third kappa shape index (κ3) is 8.04. The first kappa shape index (κ1) is 15.8. The highest BCUT2D eigenvalue weighted by atomic mass is 28.4. The maximum Gasteiger partial charge on any atom is 0.334 e. The van der Waals surface area contributed by atoms with Crippen LogP contribution in [0.25, 0.3) is 0 Å². The molecular weight excluding hydrogens is 220 g/mol. The van der Waals surface area contributed by atoms with Crippen LogP contribution in [-0.2, 0) is 13.6 Å². The molecule has 0 spiro atoms. The summed E-state index contributed by atoms with van der Waals surface area (Å²) in [4.78, 5) is 0. The normalized spacial score (nSPS) is 11.8. The van der Waals surface area contributed by atoms with E-state index in [0.29, 0.717) is 6.61 Å². The minimum absolute atomic E-state index is 0.654. The van der Waals surface area contributed by atoms with Crippen molar-refractivity contribution < 1.29 is 13.6 Å². The van der Waals surface area contributed by atoms with Gasteiger partial charge in [-0.25, -0.2) is 0 Å². The van der Waals surface area contributed by atoms with E-state index >= 15 is 0 Å². The van der Waals surface area contributed by atoms with Crippen molar-refractivity contribution in [3.8, 4) is 0 Å². The van der Waals surface area contributed by atoms with Crippen LogP contribution in [0.3, 0.4) is 0 Å². The minimum atomic E-state index is -1.93. The lowest BCUT2D eigenvalue weighted by Crippen LogP contribution is -2.38. The predicted octanol–water partition coefficient (Wildman–Crippen LogP) is 3.11. The van der Waals surface area contributed by atoms with Crippen LogP contribution in [0.4, 0.5) is 0 Å². The molecule has 0 N–H and O–H groups in total. The highest BCUT2D eigenvalue weighted by molar-refractivity contribution is 6.66. The van der Waals surface area contributed by atoms with E-state index < -0.39 is 8.56 Å². The molecule has 0 rings (SSSR count). The summed E-state index contributed by atoms with van der Waals surface area (Å²) in [6.07, 6.45) is 0.996. The summed E-state index contributed by atoms with van der Waals surface area (Å²) in [7, 11) is -1.93. The van der Waals surface area contributed by atoms with Crippen LogP contribution in [0.2, 0.25) is 12.6 Å². The van der Waals surface area contributed by atoms with Crippen molar-refractivity contribution in [2.75, 3.05) is 26.4 Å². The summed E-state index contributed by atoms with van der Waals surface area (Å²) in [5.41, 5.74) is 1.06. The molecule has 0 saturated heterocycles. The molecular formula is C12H26O3Si. The summed E-state index contributed by atoms with van der Waals surface area (Å²) in [6, 6.07) is 0.991. The summed E-state index contributed by atoms with van der Waals surface area (Å²) in [5, 5.41) is 0. The standard InChI is InChI=1S/C12H26O3Si/c1-6-14-16(5,15-7-2)10-8-9-13-11-12(3)4/h3,6-11H2,1-2,4-5H3. The van der Waals surface area contributed by atoms with Gasteiger partial charge in [-0.05, 0) is 39.8 Å². The molecule has 3 nitrogen and oxygen atoms in total. The second-order valence-corrected chi connectivity index (χ2v) is 7.46. The van der Waals surface area contributed by atoms with Crippen molar-refractivity contribution in [3.05, 3.63) is 12.2 Å². The smallest absolute Gasteiger partial charge is 0.334 e. The molecule has 0 aliphatic heterocycles. The van der Waals surface area contributed by atoms with Crippen LogP contribution < -0.4 is 0 Å². The van der Waals surface area contributed by atoms with Gasteiger partial charge in [0.25, 0.3) is 0 Å². The number of hydrogen-bond acceptors (Lipinski definition) is 3. The Morgan fingerprint density at radius 2 is 1.75 bits per heavy atom. The molecule has 0 aromatic heterocycles. The molecule has 0 aromatic rings. The van der Waals surface area contributed by atoms with Crippen LogP contribution in [0, 0.1) is 0 Å². The summed E-state index contributed by atoms with van der Waals surface area (Å²) in [6.45, 7) is 14.8. The average molecular weight is 246 g/mol. The van der Waals surface area contributed by atoms with E-state index in [9.17, 15) is 0 Å². The van der Waals surface area contributed by atoms with Gasteiger partial charge in [0.2, 0.25) is 0 Å². The van der Waals surface area contributed by atoms with E-state index in [1.54, 1.807) is 0 Å². The highest BCUT2D eigenvalue weighted by Crippen LogP contribution is 2.15. The van der Waals surface area contributed by atoms with Gasteiger partial charge in [-0.15, -0.1) is 0 Å². The highest BCUT2D eigenvalue weighted by Gasteiger charge is 2.29. The SMILES string of the molecule is C=C(C)COCCC[Si](C)(OCC)OCC. The number of ether oxygens (including phenoxy) is 1. The average Bonchev–Trinajstić information content (AvgIpc) is 2.17. The van der Waals surface area contributed by atoms with Gasteiger partial charge in [0.15, 0.2) is 0 Å². The van der Waals surface area contributed by atoms with Crippen molar-refractivity contribution in [1.82, 2.24) is 0 Å². The molecule has 0 unspecified atom stereocenters. The van der Waals surface area contributed by atoms with Gasteiger partial charge in [0.05, 0.1) is 6.61 Å². The zero-order valence-corrected chi connectivity index (χ0v) is 12.2. The van der Waals surface area contributed by atoms with Crippen LogP contribution in [0.15, 0.2) is 12.2 Å². The van der Waals surface area contributed by atoms with Crippen molar-refractivity contribution in [3.63, 3.8) is 0 Å². The van der Waals surface area contributed by atoms with E-state index in [1.165, 1.54) is 0 Å². The molecule has 0 bridgehead atoms. The van der Waals surface area contributed by atoms with Crippen molar-refractivity contribution >= 4 is 8.56 Å². The molecule has 0 amide bonds. The van der Waals surface area contributed by atoms with Gasteiger partial charge >= 0.3 is 8.56 Å². The van der Waals surface area contributed by atoms with Crippen LogP contribution in [-0.4, -0.2) is 35.0 Å². The molecule has 0 aliphatic rings. The molecule has 0 heterocycles. The van der Waals surface area contributed by atoms with Gasteiger partial charge in [0.1, 0.15) is 0 Å². The Bertz CT molecular complexity index is 189. The summed E-state index contributed by atoms with van der Waals surface area (Å²) >= 11 is 0. The quantitative estimate of drug-likeness (QED) is 0.337. The van der Waals surface area contributed by atoms with E-state index in [1.807, 2.05) is 20.8 Å². The van der Waals surface area contributed by atoms with Gasteiger partial charge in [-0.3, -0.25) is 0 Å². The molecule has 0 fully saturated rings. The number of hydrogen-bond donors (Lipinski definition) is 0. The third-order valence-corrected chi connectivity index (χ3v) is 5.23. The third-order valence-electron chi connectivity index (χ3n) is 2.17. The van der Waals surface area contributed by atoms with Gasteiger partial charge in [-0.2, -0.15) is 0 Å². The van der Waals surface area contributed by atoms with Crippen molar-refractivity contribution in [2.45, 2.75) is 39.8 Å². The molecule has 0 atom stereocenters. The van der Waals surface area contributed by atoms with Gasteiger partial charge in [0, 0.05) is 19.8 Å². The number of rotatable bonds is 10. The predicted molar refractivity (Wildman–Crippen MR) is 69.9 cm³/mol. The first-order valence-electron chi connectivity index (χ1n) is 6.04. The molecule has 0 aliphatic carbocycles. The maximum absolute atomic E-state index is 5.74. The summed E-state index contributed by atoms with van der Waals surface area (Å²) in [5.74, 6) is 0. The largest absolute Gasteiger partial charge is 0.395 e.